The van der Waals surface area contributed by atoms with Crippen LogP contribution in [0.15, 0.2) is 54.9 Å². The highest BCUT2D eigenvalue weighted by atomic mass is 32.1. The van der Waals surface area contributed by atoms with Crippen LogP contribution in [-0.2, 0) is 0 Å². The van der Waals surface area contributed by atoms with Crippen LogP contribution in [0.3, 0.4) is 0 Å². The Morgan fingerprint density at radius 2 is 1.67 bits per heavy atom. The van der Waals surface area contributed by atoms with E-state index in [9.17, 15) is 0 Å². The normalized spacial score (nSPS) is 16.9. The number of benzene rings is 2. The number of fused-ring (bicyclic) bond motifs is 2. The summed E-state index contributed by atoms with van der Waals surface area (Å²) in [5.74, 6) is 0. The number of piperazine rings is 1. The fourth-order valence-corrected chi connectivity index (χ4v) is 4.76. The lowest BCUT2D eigenvalue weighted by Crippen LogP contribution is -2.47. The number of aromatic nitrogens is 3. The molecule has 0 saturated carbocycles. The first kappa shape index (κ1) is 16.6. The van der Waals surface area contributed by atoms with Crippen LogP contribution >= 0.6 is 11.3 Å². The zero-order valence-electron chi connectivity index (χ0n) is 15.2. The summed E-state index contributed by atoms with van der Waals surface area (Å²) in [7, 11) is 0. The van der Waals surface area contributed by atoms with Gasteiger partial charge in [0.2, 0.25) is 0 Å². The summed E-state index contributed by atoms with van der Waals surface area (Å²) in [6.45, 7) is 6.38. The molecule has 0 bridgehead atoms. The molecular formula is C21H21N5S. The van der Waals surface area contributed by atoms with Gasteiger partial charge in [-0.3, -0.25) is 14.9 Å². The van der Waals surface area contributed by atoms with Gasteiger partial charge in [-0.2, -0.15) is 0 Å². The summed E-state index contributed by atoms with van der Waals surface area (Å²) < 4.78 is 1.26. The molecule has 2 aromatic carbocycles. The van der Waals surface area contributed by atoms with E-state index in [0.717, 1.165) is 47.9 Å². The second kappa shape index (κ2) is 6.87. The third-order valence-electron chi connectivity index (χ3n) is 5.39. The number of rotatable bonds is 3. The van der Waals surface area contributed by atoms with E-state index in [1.54, 1.807) is 23.7 Å². The maximum Gasteiger partial charge on any atom is 0.186 e. The molecule has 2 aromatic heterocycles. The Kier molecular flexibility index (Phi) is 4.22. The van der Waals surface area contributed by atoms with Crippen LogP contribution in [0.25, 0.3) is 21.3 Å². The molecule has 1 saturated heterocycles. The molecule has 1 aliphatic rings. The molecule has 3 heterocycles. The smallest absolute Gasteiger partial charge is 0.186 e. The van der Waals surface area contributed by atoms with Crippen LogP contribution in [0.5, 0.6) is 0 Å². The molecule has 0 radical (unpaired) electrons. The van der Waals surface area contributed by atoms with Gasteiger partial charge in [-0.05, 0) is 36.8 Å². The van der Waals surface area contributed by atoms with E-state index in [4.69, 9.17) is 4.98 Å². The van der Waals surface area contributed by atoms with Gasteiger partial charge in [0.1, 0.15) is 0 Å². The maximum absolute atomic E-state index is 4.81. The van der Waals surface area contributed by atoms with E-state index in [1.165, 1.54) is 10.3 Å². The molecule has 0 N–H and O–H groups in total. The molecule has 5 rings (SSSR count). The first-order valence-electron chi connectivity index (χ1n) is 9.33. The van der Waals surface area contributed by atoms with Gasteiger partial charge in [0.25, 0.3) is 0 Å². The van der Waals surface area contributed by atoms with Crippen LogP contribution in [0.4, 0.5) is 5.13 Å². The number of anilines is 1. The molecule has 5 nitrogen and oxygen atoms in total. The van der Waals surface area contributed by atoms with Gasteiger partial charge in [-0.15, -0.1) is 0 Å². The van der Waals surface area contributed by atoms with E-state index in [1.807, 2.05) is 0 Å². The van der Waals surface area contributed by atoms with E-state index >= 15 is 0 Å². The van der Waals surface area contributed by atoms with Gasteiger partial charge in [0.05, 0.1) is 21.3 Å². The van der Waals surface area contributed by atoms with Crippen molar-refractivity contribution in [1.82, 2.24) is 19.9 Å². The Morgan fingerprint density at radius 1 is 0.889 bits per heavy atom. The van der Waals surface area contributed by atoms with Crippen LogP contribution in [0, 0.1) is 0 Å². The number of hydrogen-bond donors (Lipinski definition) is 0. The second-order valence-electron chi connectivity index (χ2n) is 6.97. The first-order chi connectivity index (χ1) is 13.3. The topological polar surface area (TPSA) is 45.2 Å². The van der Waals surface area contributed by atoms with E-state index in [0.29, 0.717) is 6.04 Å². The quantitative estimate of drug-likeness (QED) is 0.539. The lowest BCUT2D eigenvalue weighted by Gasteiger charge is -2.38. The molecule has 136 valence electrons. The minimum Gasteiger partial charge on any atom is -0.345 e. The molecule has 4 aromatic rings. The van der Waals surface area contributed by atoms with Crippen LogP contribution in [-0.4, -0.2) is 46.0 Å². The van der Waals surface area contributed by atoms with E-state index < -0.39 is 0 Å². The van der Waals surface area contributed by atoms with Crippen molar-refractivity contribution >= 4 is 37.7 Å². The third kappa shape index (κ3) is 3.15. The molecule has 6 heteroatoms. The number of thiazole rings is 1. The minimum absolute atomic E-state index is 0.369. The van der Waals surface area contributed by atoms with Crippen LogP contribution in [0.1, 0.15) is 18.5 Å². The average Bonchev–Trinajstić information content (AvgIpc) is 3.17. The molecule has 1 fully saturated rings. The van der Waals surface area contributed by atoms with Gasteiger partial charge in [0.15, 0.2) is 5.13 Å². The SMILES string of the molecule is CC(c1ccc2nccnc2c1)N1CCN(c2nc3ccccc3s2)CC1. The predicted molar refractivity (Wildman–Crippen MR) is 111 cm³/mol. The average molecular weight is 376 g/mol. The summed E-state index contributed by atoms with van der Waals surface area (Å²) in [6.07, 6.45) is 3.50. The van der Waals surface area contributed by atoms with Crippen molar-refractivity contribution in [2.45, 2.75) is 13.0 Å². The molecule has 1 aliphatic heterocycles. The summed E-state index contributed by atoms with van der Waals surface area (Å²) in [5.41, 5.74) is 4.33. The van der Waals surface area contributed by atoms with Crippen molar-refractivity contribution in [1.29, 1.82) is 0 Å². The van der Waals surface area contributed by atoms with E-state index in [-0.39, 0.29) is 0 Å². The van der Waals surface area contributed by atoms with Crippen molar-refractivity contribution in [2.75, 3.05) is 31.1 Å². The molecule has 1 unspecified atom stereocenters. The Morgan fingerprint density at radius 3 is 2.48 bits per heavy atom. The third-order valence-corrected chi connectivity index (χ3v) is 6.49. The predicted octanol–water partition coefficient (Wildman–Crippen LogP) is 4.12. The van der Waals surface area contributed by atoms with Gasteiger partial charge in [-0.25, -0.2) is 4.98 Å². The molecule has 0 amide bonds. The van der Waals surface area contributed by atoms with Gasteiger partial charge >= 0.3 is 0 Å². The van der Waals surface area contributed by atoms with Crippen molar-refractivity contribution in [3.05, 3.63) is 60.4 Å². The number of hydrogen-bond acceptors (Lipinski definition) is 6. The second-order valence-corrected chi connectivity index (χ2v) is 7.98. The van der Waals surface area contributed by atoms with Crippen molar-refractivity contribution < 1.29 is 0 Å². The molecule has 1 atom stereocenters. The summed E-state index contributed by atoms with van der Waals surface area (Å²) in [5, 5.41) is 1.14. The first-order valence-corrected chi connectivity index (χ1v) is 10.1. The highest BCUT2D eigenvalue weighted by Crippen LogP contribution is 2.30. The maximum atomic E-state index is 4.81. The molecule has 27 heavy (non-hydrogen) atoms. The summed E-state index contributed by atoms with van der Waals surface area (Å²) in [6, 6.07) is 15.2. The zero-order valence-corrected chi connectivity index (χ0v) is 16.1. The fourth-order valence-electron chi connectivity index (χ4n) is 3.75. The van der Waals surface area contributed by atoms with Crippen molar-refractivity contribution in [2.24, 2.45) is 0 Å². The standard InChI is InChI=1S/C21H21N5S/c1-15(16-6-7-17-19(14-16)23-9-8-22-17)25-10-12-26(13-11-25)21-24-18-4-2-3-5-20(18)27-21/h2-9,14-15H,10-13H2,1H3. The van der Waals surface area contributed by atoms with Crippen molar-refractivity contribution in [3.8, 4) is 0 Å². The molecular weight excluding hydrogens is 354 g/mol. The Bertz CT molecular complexity index is 1050. The highest BCUT2D eigenvalue weighted by molar-refractivity contribution is 7.22. The Balaban J connectivity index is 1.30. The fraction of sp³-hybridized carbons (Fsp3) is 0.286. The summed E-state index contributed by atoms with van der Waals surface area (Å²) in [4.78, 5) is 18.6. The molecule has 0 aliphatic carbocycles. The van der Waals surface area contributed by atoms with Crippen LogP contribution in [0.2, 0.25) is 0 Å². The molecule has 0 spiro atoms. The monoisotopic (exact) mass is 375 g/mol. The number of para-hydroxylation sites is 1. The Hall–Kier alpha value is -2.57. The lowest BCUT2D eigenvalue weighted by atomic mass is 10.1. The minimum atomic E-state index is 0.369. The van der Waals surface area contributed by atoms with Gasteiger partial charge < -0.3 is 4.90 Å². The lowest BCUT2D eigenvalue weighted by molar-refractivity contribution is 0.198. The van der Waals surface area contributed by atoms with Crippen LogP contribution < -0.4 is 4.90 Å². The summed E-state index contributed by atoms with van der Waals surface area (Å²) >= 11 is 1.79. The largest absolute Gasteiger partial charge is 0.345 e. The zero-order chi connectivity index (χ0) is 18.2. The Labute approximate surface area is 162 Å². The van der Waals surface area contributed by atoms with Gasteiger partial charge in [0, 0.05) is 44.6 Å². The van der Waals surface area contributed by atoms with Crippen molar-refractivity contribution in [3.63, 3.8) is 0 Å². The highest BCUT2D eigenvalue weighted by Gasteiger charge is 2.24. The van der Waals surface area contributed by atoms with E-state index in [2.05, 4.69) is 69.2 Å². The van der Waals surface area contributed by atoms with Gasteiger partial charge in [-0.1, -0.05) is 29.5 Å². The number of nitrogens with zero attached hydrogens (tertiary/aromatic N) is 5.